The van der Waals surface area contributed by atoms with Gasteiger partial charge in [0, 0.05) is 11.8 Å². The van der Waals surface area contributed by atoms with Gasteiger partial charge in [-0.2, -0.15) is 5.26 Å². The molecule has 1 aromatic heterocycles. The van der Waals surface area contributed by atoms with Gasteiger partial charge in [-0.15, -0.1) is 0 Å². The van der Waals surface area contributed by atoms with E-state index in [2.05, 4.69) is 4.98 Å². The molecule has 2 rings (SSSR count). The van der Waals surface area contributed by atoms with Gasteiger partial charge in [0.05, 0.1) is 5.56 Å². The van der Waals surface area contributed by atoms with Crippen LogP contribution < -0.4 is 4.74 Å². The molecule has 0 radical (unpaired) electrons. The molecule has 2 aromatic rings. The summed E-state index contributed by atoms with van der Waals surface area (Å²) in [5.41, 5.74) is -0.0713. The molecule has 21 heavy (non-hydrogen) atoms. The molecule has 5 nitrogen and oxygen atoms in total. The fourth-order valence-electron chi connectivity index (χ4n) is 1.63. The monoisotopic (exact) mass is 290 g/mol. The van der Waals surface area contributed by atoms with E-state index in [-0.39, 0.29) is 12.3 Å². The lowest BCUT2D eigenvalue weighted by Gasteiger charge is -2.09. The zero-order valence-corrected chi connectivity index (χ0v) is 10.5. The molecule has 0 bridgehead atoms. The molecule has 0 saturated carbocycles. The Morgan fingerprint density at radius 3 is 2.62 bits per heavy atom. The SMILES string of the molecule is N#Cc1ncccc1COc1c(F)cc(C(=O)O)cc1F. The van der Waals surface area contributed by atoms with E-state index in [0.717, 1.165) is 0 Å². The van der Waals surface area contributed by atoms with E-state index in [1.807, 2.05) is 6.07 Å². The largest absolute Gasteiger partial charge is 0.483 e. The zero-order valence-electron chi connectivity index (χ0n) is 10.5. The average molecular weight is 290 g/mol. The van der Waals surface area contributed by atoms with E-state index in [1.165, 1.54) is 12.3 Å². The maximum absolute atomic E-state index is 13.6. The summed E-state index contributed by atoms with van der Waals surface area (Å²) in [6.07, 6.45) is 1.41. The third-order valence-corrected chi connectivity index (χ3v) is 2.61. The highest BCUT2D eigenvalue weighted by molar-refractivity contribution is 5.87. The first-order chi connectivity index (χ1) is 10.0. The summed E-state index contributed by atoms with van der Waals surface area (Å²) in [4.78, 5) is 14.4. The molecule has 0 spiro atoms. The van der Waals surface area contributed by atoms with Gasteiger partial charge in [0.25, 0.3) is 0 Å². The first kappa shape index (κ1) is 14.4. The number of nitriles is 1. The molecule has 0 amide bonds. The third-order valence-electron chi connectivity index (χ3n) is 2.61. The van der Waals surface area contributed by atoms with Crippen molar-refractivity contribution in [3.63, 3.8) is 0 Å². The van der Waals surface area contributed by atoms with Crippen LogP contribution in [0, 0.1) is 23.0 Å². The second-order valence-electron chi connectivity index (χ2n) is 3.99. The zero-order chi connectivity index (χ0) is 15.4. The van der Waals surface area contributed by atoms with Crippen LogP contribution >= 0.6 is 0 Å². The predicted molar refractivity (Wildman–Crippen MR) is 66.6 cm³/mol. The van der Waals surface area contributed by atoms with Crippen LogP contribution in [0.3, 0.4) is 0 Å². The molecule has 0 fully saturated rings. The molecule has 0 saturated heterocycles. The Morgan fingerprint density at radius 2 is 2.05 bits per heavy atom. The van der Waals surface area contributed by atoms with Crippen molar-refractivity contribution in [3.05, 3.63) is 58.9 Å². The third kappa shape index (κ3) is 3.12. The smallest absolute Gasteiger partial charge is 0.335 e. The molecule has 0 aliphatic rings. The van der Waals surface area contributed by atoms with E-state index < -0.39 is 28.9 Å². The van der Waals surface area contributed by atoms with Crippen molar-refractivity contribution in [2.24, 2.45) is 0 Å². The van der Waals surface area contributed by atoms with Crippen molar-refractivity contribution in [2.75, 3.05) is 0 Å². The summed E-state index contributed by atoms with van der Waals surface area (Å²) in [5.74, 6) is -4.41. The summed E-state index contributed by atoms with van der Waals surface area (Å²) >= 11 is 0. The van der Waals surface area contributed by atoms with Crippen molar-refractivity contribution in [2.45, 2.75) is 6.61 Å². The van der Waals surface area contributed by atoms with Crippen molar-refractivity contribution < 1.29 is 23.4 Å². The molecule has 106 valence electrons. The molecule has 7 heteroatoms. The van der Waals surface area contributed by atoms with E-state index in [1.54, 1.807) is 6.07 Å². The highest BCUT2D eigenvalue weighted by Crippen LogP contribution is 2.24. The lowest BCUT2D eigenvalue weighted by Crippen LogP contribution is -2.05. The van der Waals surface area contributed by atoms with Gasteiger partial charge in [-0.1, -0.05) is 6.07 Å². The Bertz CT molecular complexity index is 718. The molecule has 0 unspecified atom stereocenters. The first-order valence-corrected chi connectivity index (χ1v) is 5.72. The van der Waals surface area contributed by atoms with Gasteiger partial charge in [0.2, 0.25) is 0 Å². The van der Waals surface area contributed by atoms with Crippen LogP contribution in [0.15, 0.2) is 30.5 Å². The Morgan fingerprint density at radius 1 is 1.38 bits per heavy atom. The lowest BCUT2D eigenvalue weighted by atomic mass is 10.2. The number of nitrogens with zero attached hydrogens (tertiary/aromatic N) is 2. The normalized spacial score (nSPS) is 9.95. The minimum absolute atomic E-state index is 0.0838. The first-order valence-electron chi connectivity index (χ1n) is 5.72. The summed E-state index contributed by atoms with van der Waals surface area (Å²) in [6.45, 7) is -0.267. The van der Waals surface area contributed by atoms with Gasteiger partial charge in [0.1, 0.15) is 18.4 Å². The number of halogens is 2. The molecular weight excluding hydrogens is 282 g/mol. The second kappa shape index (κ2) is 5.96. The van der Waals surface area contributed by atoms with Crippen LogP contribution in [0.2, 0.25) is 0 Å². The molecule has 1 aromatic carbocycles. The number of carbonyl (C=O) groups is 1. The van der Waals surface area contributed by atoms with E-state index >= 15 is 0 Å². The van der Waals surface area contributed by atoms with Crippen molar-refractivity contribution in [1.82, 2.24) is 4.98 Å². The van der Waals surface area contributed by atoms with Gasteiger partial charge in [-0.3, -0.25) is 0 Å². The lowest BCUT2D eigenvalue weighted by molar-refractivity contribution is 0.0695. The van der Waals surface area contributed by atoms with Gasteiger partial charge >= 0.3 is 5.97 Å². The Labute approximate surface area is 118 Å². The number of aromatic carboxylic acids is 1. The Kier molecular flexibility index (Phi) is 4.09. The Hall–Kier alpha value is -3.01. The number of carboxylic acid groups (broad SMARTS) is 1. The molecule has 1 heterocycles. The number of hydrogen-bond donors (Lipinski definition) is 1. The standard InChI is InChI=1S/C14H8F2N2O3/c15-10-4-9(14(19)20)5-11(16)13(10)21-7-8-2-1-3-18-12(8)6-17/h1-5H,7H2,(H,19,20). The van der Waals surface area contributed by atoms with Crippen LogP contribution in [0.1, 0.15) is 21.6 Å². The number of aromatic nitrogens is 1. The molecule has 0 aliphatic heterocycles. The summed E-state index contributed by atoms with van der Waals surface area (Å²) < 4.78 is 32.3. The van der Waals surface area contributed by atoms with Crippen LogP contribution in [0.5, 0.6) is 5.75 Å². The fourth-order valence-corrected chi connectivity index (χ4v) is 1.63. The maximum atomic E-state index is 13.6. The number of benzene rings is 1. The number of pyridine rings is 1. The minimum Gasteiger partial charge on any atom is -0.483 e. The fraction of sp³-hybridized carbons (Fsp3) is 0.0714. The maximum Gasteiger partial charge on any atom is 0.335 e. The number of rotatable bonds is 4. The van der Waals surface area contributed by atoms with Crippen LogP contribution in [-0.4, -0.2) is 16.1 Å². The van der Waals surface area contributed by atoms with Crippen molar-refractivity contribution in [1.29, 1.82) is 5.26 Å². The summed E-state index contributed by atoms with van der Waals surface area (Å²) in [5, 5.41) is 17.5. The van der Waals surface area contributed by atoms with Crippen LogP contribution in [0.25, 0.3) is 0 Å². The highest BCUT2D eigenvalue weighted by Gasteiger charge is 2.16. The molecular formula is C14H8F2N2O3. The topological polar surface area (TPSA) is 83.2 Å². The van der Waals surface area contributed by atoms with E-state index in [9.17, 15) is 13.6 Å². The van der Waals surface area contributed by atoms with Crippen molar-refractivity contribution in [3.8, 4) is 11.8 Å². The van der Waals surface area contributed by atoms with Crippen molar-refractivity contribution >= 4 is 5.97 Å². The highest BCUT2D eigenvalue weighted by atomic mass is 19.1. The minimum atomic E-state index is -1.45. The van der Waals surface area contributed by atoms with E-state index in [4.69, 9.17) is 15.1 Å². The number of ether oxygens (including phenoxy) is 1. The number of hydrogen-bond acceptors (Lipinski definition) is 4. The quantitative estimate of drug-likeness (QED) is 0.935. The van der Waals surface area contributed by atoms with Crippen LogP contribution in [0.4, 0.5) is 8.78 Å². The molecule has 0 aliphatic carbocycles. The van der Waals surface area contributed by atoms with E-state index in [0.29, 0.717) is 17.7 Å². The van der Waals surface area contributed by atoms with Gasteiger partial charge < -0.3 is 9.84 Å². The van der Waals surface area contributed by atoms with Gasteiger partial charge in [0.15, 0.2) is 17.4 Å². The molecule has 0 atom stereocenters. The second-order valence-corrected chi connectivity index (χ2v) is 3.99. The Balaban J connectivity index is 2.25. The number of carboxylic acids is 1. The summed E-state index contributed by atoms with van der Waals surface area (Å²) in [7, 11) is 0. The predicted octanol–water partition coefficient (Wildman–Crippen LogP) is 2.51. The molecule has 1 N–H and O–H groups in total. The average Bonchev–Trinajstić information content (AvgIpc) is 2.46. The van der Waals surface area contributed by atoms with Gasteiger partial charge in [-0.25, -0.2) is 18.6 Å². The van der Waals surface area contributed by atoms with Gasteiger partial charge in [-0.05, 0) is 18.2 Å². The summed E-state index contributed by atoms with van der Waals surface area (Å²) in [6, 6.07) is 6.24. The van der Waals surface area contributed by atoms with Crippen LogP contribution in [-0.2, 0) is 6.61 Å².